The van der Waals surface area contributed by atoms with Crippen molar-refractivity contribution in [2.45, 2.75) is 13.5 Å². The lowest BCUT2D eigenvalue weighted by atomic mass is 10.1. The molecule has 8 heteroatoms. The highest BCUT2D eigenvalue weighted by Gasteiger charge is 2.15. The van der Waals surface area contributed by atoms with Gasteiger partial charge in [-0.1, -0.05) is 5.21 Å². The fraction of sp³-hybridized carbons (Fsp3) is 0.250. The van der Waals surface area contributed by atoms with Gasteiger partial charge < -0.3 is 14.6 Å². The maximum Gasteiger partial charge on any atom is 0.325 e. The molecular weight excluding hydrogens is 312 g/mol. The molecule has 0 aliphatic rings. The van der Waals surface area contributed by atoms with E-state index in [0.29, 0.717) is 22.9 Å². The van der Waals surface area contributed by atoms with Crippen molar-refractivity contribution in [2.24, 2.45) is 0 Å². The first-order valence-corrected chi connectivity index (χ1v) is 7.18. The van der Waals surface area contributed by atoms with Gasteiger partial charge in [-0.2, -0.15) is 0 Å². The Balaban J connectivity index is 2.11. The Labute approximate surface area is 137 Å². The first-order chi connectivity index (χ1) is 11.5. The average Bonchev–Trinajstić information content (AvgIpc) is 3.01. The van der Waals surface area contributed by atoms with Gasteiger partial charge in [-0.3, -0.25) is 4.79 Å². The molecule has 0 fully saturated rings. The zero-order valence-corrected chi connectivity index (χ0v) is 13.5. The fourth-order valence-corrected chi connectivity index (χ4v) is 2.59. The summed E-state index contributed by atoms with van der Waals surface area (Å²) in [5, 5.41) is 17.5. The van der Waals surface area contributed by atoms with E-state index in [1.807, 2.05) is 19.1 Å². The summed E-state index contributed by atoms with van der Waals surface area (Å²) in [5.41, 5.74) is 2.80. The second-order valence-electron chi connectivity index (χ2n) is 5.21. The van der Waals surface area contributed by atoms with Gasteiger partial charge >= 0.3 is 5.97 Å². The lowest BCUT2D eigenvalue weighted by Gasteiger charge is -2.12. The van der Waals surface area contributed by atoms with Crippen molar-refractivity contribution in [3.05, 3.63) is 30.0 Å². The number of carboxylic acid groups (broad SMARTS) is 1. The van der Waals surface area contributed by atoms with E-state index in [1.54, 1.807) is 26.5 Å². The molecule has 24 heavy (non-hydrogen) atoms. The highest BCUT2D eigenvalue weighted by Crippen LogP contribution is 2.37. The predicted molar refractivity (Wildman–Crippen MR) is 86.2 cm³/mol. The van der Waals surface area contributed by atoms with E-state index in [9.17, 15) is 4.79 Å². The van der Waals surface area contributed by atoms with E-state index >= 15 is 0 Å². The zero-order chi connectivity index (χ0) is 17.3. The van der Waals surface area contributed by atoms with Crippen molar-refractivity contribution in [3.63, 3.8) is 0 Å². The Bertz CT molecular complexity index is 920. The molecule has 124 valence electrons. The van der Waals surface area contributed by atoms with Gasteiger partial charge in [0.25, 0.3) is 0 Å². The normalized spacial score (nSPS) is 10.8. The summed E-state index contributed by atoms with van der Waals surface area (Å²) in [5.74, 6) is 0.280. The molecule has 0 radical (unpaired) electrons. The number of carbonyl (C=O) groups is 1. The molecule has 1 aromatic carbocycles. The molecule has 0 unspecified atom stereocenters. The molecule has 0 atom stereocenters. The quantitative estimate of drug-likeness (QED) is 0.763. The molecule has 0 amide bonds. The van der Waals surface area contributed by atoms with E-state index in [4.69, 9.17) is 14.6 Å². The molecule has 3 aromatic rings. The fourth-order valence-electron chi connectivity index (χ4n) is 2.59. The summed E-state index contributed by atoms with van der Waals surface area (Å²) in [6.45, 7) is 1.70. The second-order valence-corrected chi connectivity index (χ2v) is 5.21. The third kappa shape index (κ3) is 2.73. The topological polar surface area (TPSA) is 99.4 Å². The van der Waals surface area contributed by atoms with Gasteiger partial charge in [0, 0.05) is 5.39 Å². The highest BCUT2D eigenvalue weighted by molar-refractivity contribution is 5.92. The largest absolute Gasteiger partial charge is 0.493 e. The molecule has 0 saturated carbocycles. The van der Waals surface area contributed by atoms with Crippen molar-refractivity contribution in [1.29, 1.82) is 0 Å². The van der Waals surface area contributed by atoms with Crippen molar-refractivity contribution >= 4 is 16.9 Å². The number of methoxy groups -OCH3 is 2. The van der Waals surface area contributed by atoms with Crippen LogP contribution in [0.15, 0.2) is 24.4 Å². The number of pyridine rings is 1. The van der Waals surface area contributed by atoms with Crippen LogP contribution in [-0.2, 0) is 11.3 Å². The van der Waals surface area contributed by atoms with Crippen molar-refractivity contribution in [1.82, 2.24) is 20.0 Å². The predicted octanol–water partition coefficient (Wildman–Crippen LogP) is 1.90. The zero-order valence-electron chi connectivity index (χ0n) is 13.5. The third-order valence-electron chi connectivity index (χ3n) is 3.61. The lowest BCUT2D eigenvalue weighted by Crippen LogP contribution is -2.08. The number of hydrogen-bond acceptors (Lipinski definition) is 6. The number of fused-ring (bicyclic) bond motifs is 1. The summed E-state index contributed by atoms with van der Waals surface area (Å²) in [6.07, 6.45) is 1.56. The van der Waals surface area contributed by atoms with Gasteiger partial charge in [0.2, 0.25) is 0 Å². The Morgan fingerprint density at radius 2 is 2.04 bits per heavy atom. The second kappa shape index (κ2) is 6.15. The van der Waals surface area contributed by atoms with Gasteiger partial charge in [0.1, 0.15) is 12.2 Å². The maximum atomic E-state index is 10.7. The minimum atomic E-state index is -0.981. The van der Waals surface area contributed by atoms with Crippen LogP contribution in [0.5, 0.6) is 11.5 Å². The van der Waals surface area contributed by atoms with E-state index in [0.717, 1.165) is 16.5 Å². The average molecular weight is 328 g/mol. The van der Waals surface area contributed by atoms with Crippen LogP contribution in [0.3, 0.4) is 0 Å². The molecular formula is C16H16N4O4. The van der Waals surface area contributed by atoms with Gasteiger partial charge in [-0.15, -0.1) is 5.10 Å². The van der Waals surface area contributed by atoms with Gasteiger partial charge in [0.15, 0.2) is 11.5 Å². The molecule has 0 aliphatic carbocycles. The van der Waals surface area contributed by atoms with Crippen LogP contribution in [0.2, 0.25) is 0 Å². The van der Waals surface area contributed by atoms with Crippen LogP contribution in [0.1, 0.15) is 5.56 Å². The van der Waals surface area contributed by atoms with Gasteiger partial charge in [0.05, 0.1) is 31.6 Å². The molecule has 2 heterocycles. The van der Waals surface area contributed by atoms with Gasteiger partial charge in [-0.05, 0) is 30.7 Å². The Morgan fingerprint density at radius 1 is 1.25 bits per heavy atom. The minimum absolute atomic E-state index is 0.245. The highest BCUT2D eigenvalue weighted by atomic mass is 16.5. The van der Waals surface area contributed by atoms with Crippen LogP contribution >= 0.6 is 0 Å². The van der Waals surface area contributed by atoms with Crippen LogP contribution < -0.4 is 9.47 Å². The molecule has 2 aromatic heterocycles. The monoisotopic (exact) mass is 328 g/mol. The van der Waals surface area contributed by atoms with Crippen molar-refractivity contribution in [2.75, 3.05) is 14.2 Å². The summed E-state index contributed by atoms with van der Waals surface area (Å²) in [6, 6.07) is 5.49. The Kier molecular flexibility index (Phi) is 4.03. The number of aliphatic carboxylic acids is 1. The third-order valence-corrected chi connectivity index (χ3v) is 3.61. The van der Waals surface area contributed by atoms with Crippen molar-refractivity contribution < 1.29 is 19.4 Å². The van der Waals surface area contributed by atoms with Crippen LogP contribution in [0, 0.1) is 6.92 Å². The molecule has 1 N–H and O–H groups in total. The first-order valence-electron chi connectivity index (χ1n) is 7.18. The number of nitrogens with zero attached hydrogens (tertiary/aromatic N) is 4. The van der Waals surface area contributed by atoms with E-state index in [1.165, 1.54) is 4.68 Å². The SMILES string of the molecule is COc1ccc2nc(-c3cn(CC(=O)O)nn3)cc(C)c2c1OC. The summed E-state index contributed by atoms with van der Waals surface area (Å²) >= 11 is 0. The van der Waals surface area contributed by atoms with Crippen LogP contribution in [0.25, 0.3) is 22.3 Å². The van der Waals surface area contributed by atoms with Crippen LogP contribution in [-0.4, -0.2) is 45.3 Å². The standard InChI is InChI=1S/C16H16N4O4/c1-9-6-11(12-7-20(19-18-12)8-14(21)22)17-10-4-5-13(23-2)16(24-3)15(9)10/h4-7H,8H2,1-3H3,(H,21,22). The maximum absolute atomic E-state index is 10.7. The first kappa shape index (κ1) is 15.7. The molecule has 0 aliphatic heterocycles. The Hall–Kier alpha value is -3.16. The van der Waals surface area contributed by atoms with Gasteiger partial charge in [-0.25, -0.2) is 9.67 Å². The number of rotatable bonds is 5. The number of hydrogen-bond donors (Lipinski definition) is 1. The van der Waals surface area contributed by atoms with E-state index < -0.39 is 5.97 Å². The number of aromatic nitrogens is 4. The van der Waals surface area contributed by atoms with Crippen molar-refractivity contribution in [3.8, 4) is 22.9 Å². The molecule has 8 nitrogen and oxygen atoms in total. The smallest absolute Gasteiger partial charge is 0.325 e. The summed E-state index contributed by atoms with van der Waals surface area (Å²) < 4.78 is 12.0. The molecule has 3 rings (SSSR count). The Morgan fingerprint density at radius 3 is 2.71 bits per heavy atom. The number of aryl methyl sites for hydroxylation is 1. The molecule has 0 saturated heterocycles. The number of ether oxygens (including phenoxy) is 2. The van der Waals surface area contributed by atoms with E-state index in [2.05, 4.69) is 15.3 Å². The van der Waals surface area contributed by atoms with Crippen LogP contribution in [0.4, 0.5) is 0 Å². The summed E-state index contributed by atoms with van der Waals surface area (Å²) in [7, 11) is 3.17. The minimum Gasteiger partial charge on any atom is -0.493 e. The number of carboxylic acids is 1. The molecule has 0 bridgehead atoms. The number of benzene rings is 1. The van der Waals surface area contributed by atoms with E-state index in [-0.39, 0.29) is 6.54 Å². The molecule has 0 spiro atoms. The lowest BCUT2D eigenvalue weighted by molar-refractivity contribution is -0.137. The summed E-state index contributed by atoms with van der Waals surface area (Å²) in [4.78, 5) is 15.3.